The highest BCUT2D eigenvalue weighted by molar-refractivity contribution is 9.13. The van der Waals surface area contributed by atoms with Crippen LogP contribution in [0.1, 0.15) is 26.5 Å². The molecular formula is C15H17Br2N3. The maximum atomic E-state index is 4.71. The van der Waals surface area contributed by atoms with Crippen molar-refractivity contribution in [3.63, 3.8) is 0 Å². The minimum Gasteiger partial charge on any atom is -0.373 e. The number of aromatic nitrogens is 2. The Labute approximate surface area is 136 Å². The molecule has 0 fully saturated rings. The summed E-state index contributed by atoms with van der Waals surface area (Å²) in [5.41, 5.74) is 1.99. The summed E-state index contributed by atoms with van der Waals surface area (Å²) < 4.78 is 2.01. The fourth-order valence-electron chi connectivity index (χ4n) is 1.72. The van der Waals surface area contributed by atoms with Gasteiger partial charge in [0.05, 0.1) is 5.69 Å². The topological polar surface area (TPSA) is 37.8 Å². The highest BCUT2D eigenvalue weighted by Gasteiger charge is 2.18. The second kappa shape index (κ2) is 5.82. The lowest BCUT2D eigenvalue weighted by atomic mass is 9.92. The lowest BCUT2D eigenvalue weighted by Gasteiger charge is -2.19. The first kappa shape index (κ1) is 15.4. The van der Waals surface area contributed by atoms with E-state index in [0.29, 0.717) is 0 Å². The molecule has 2 aromatic rings. The molecule has 0 saturated carbocycles. The highest BCUT2D eigenvalue weighted by atomic mass is 79.9. The number of benzene rings is 1. The van der Waals surface area contributed by atoms with E-state index in [2.05, 4.69) is 62.9 Å². The minimum atomic E-state index is -0.0180. The number of hydrogen-bond acceptors (Lipinski definition) is 3. The largest absolute Gasteiger partial charge is 0.373 e. The number of hydrogen-bond donors (Lipinski definition) is 1. The zero-order valence-electron chi connectivity index (χ0n) is 12.0. The van der Waals surface area contributed by atoms with Crippen LogP contribution < -0.4 is 5.32 Å². The van der Waals surface area contributed by atoms with E-state index in [4.69, 9.17) is 4.98 Å². The molecule has 0 spiro atoms. The fourth-order valence-corrected chi connectivity index (χ4v) is 2.35. The molecular weight excluding hydrogens is 382 g/mol. The summed E-state index contributed by atoms with van der Waals surface area (Å²) in [5, 5.41) is 3.10. The van der Waals surface area contributed by atoms with Crippen molar-refractivity contribution >= 4 is 37.7 Å². The number of nitrogens with one attached hydrogen (secondary N) is 1. The number of anilines is 1. The van der Waals surface area contributed by atoms with Gasteiger partial charge in [0.2, 0.25) is 0 Å². The number of nitrogens with zero attached hydrogens (tertiary/aromatic N) is 2. The lowest BCUT2D eigenvalue weighted by molar-refractivity contribution is 0.568. The Kier molecular flexibility index (Phi) is 4.49. The van der Waals surface area contributed by atoms with Crippen LogP contribution in [-0.2, 0) is 5.41 Å². The first-order chi connectivity index (χ1) is 9.31. The summed E-state index contributed by atoms with van der Waals surface area (Å²) in [4.78, 5) is 9.25. The zero-order valence-corrected chi connectivity index (χ0v) is 15.1. The van der Waals surface area contributed by atoms with Gasteiger partial charge in [0.25, 0.3) is 0 Å². The Morgan fingerprint density at radius 1 is 1.00 bits per heavy atom. The molecule has 5 heteroatoms. The molecule has 0 bridgehead atoms. The van der Waals surface area contributed by atoms with Gasteiger partial charge in [0, 0.05) is 33.0 Å². The molecule has 2 rings (SSSR count). The first-order valence-electron chi connectivity index (χ1n) is 6.34. The summed E-state index contributed by atoms with van der Waals surface area (Å²) in [7, 11) is 1.87. The van der Waals surface area contributed by atoms with E-state index < -0.39 is 0 Å². The van der Waals surface area contributed by atoms with E-state index in [-0.39, 0.29) is 5.41 Å². The normalized spacial score (nSPS) is 11.5. The average Bonchev–Trinajstić information content (AvgIpc) is 2.40. The lowest BCUT2D eigenvalue weighted by Crippen LogP contribution is -2.15. The van der Waals surface area contributed by atoms with Crippen LogP contribution >= 0.6 is 31.9 Å². The zero-order chi connectivity index (χ0) is 14.9. The maximum Gasteiger partial charge on any atom is 0.161 e. The minimum absolute atomic E-state index is 0.0180. The van der Waals surface area contributed by atoms with Crippen LogP contribution in [-0.4, -0.2) is 17.0 Å². The molecule has 106 valence electrons. The SMILES string of the molecule is CNc1cc(C(C)(C)C)nc(-c2ccc(Br)c(Br)c2)n1. The van der Waals surface area contributed by atoms with Crippen LogP contribution in [0.3, 0.4) is 0 Å². The van der Waals surface area contributed by atoms with Crippen LogP contribution in [0.25, 0.3) is 11.4 Å². The molecule has 1 aromatic carbocycles. The van der Waals surface area contributed by atoms with E-state index >= 15 is 0 Å². The van der Waals surface area contributed by atoms with Crippen LogP contribution in [0.2, 0.25) is 0 Å². The van der Waals surface area contributed by atoms with E-state index in [1.807, 2.05) is 31.3 Å². The van der Waals surface area contributed by atoms with Crippen LogP contribution in [0.5, 0.6) is 0 Å². The Bertz CT molecular complexity index is 634. The monoisotopic (exact) mass is 397 g/mol. The summed E-state index contributed by atoms with van der Waals surface area (Å²) in [5.74, 6) is 1.56. The number of rotatable bonds is 2. The maximum absolute atomic E-state index is 4.71. The Hall–Kier alpha value is -0.940. The second-order valence-electron chi connectivity index (χ2n) is 5.59. The van der Waals surface area contributed by atoms with E-state index in [9.17, 15) is 0 Å². The quantitative estimate of drug-likeness (QED) is 0.772. The van der Waals surface area contributed by atoms with Gasteiger partial charge in [-0.25, -0.2) is 9.97 Å². The van der Waals surface area contributed by atoms with Gasteiger partial charge < -0.3 is 5.32 Å². The summed E-state index contributed by atoms with van der Waals surface area (Å²) >= 11 is 7.00. The highest BCUT2D eigenvalue weighted by Crippen LogP contribution is 2.30. The molecule has 0 unspecified atom stereocenters. The summed E-state index contributed by atoms with van der Waals surface area (Å²) in [6.07, 6.45) is 0. The third-order valence-corrected chi connectivity index (χ3v) is 4.81. The Morgan fingerprint density at radius 2 is 1.70 bits per heavy atom. The Balaban J connectivity index is 2.58. The van der Waals surface area contributed by atoms with Crippen molar-refractivity contribution in [1.29, 1.82) is 0 Å². The molecule has 20 heavy (non-hydrogen) atoms. The van der Waals surface area contributed by atoms with E-state index in [0.717, 1.165) is 31.8 Å². The van der Waals surface area contributed by atoms with Gasteiger partial charge in [0.15, 0.2) is 5.82 Å². The van der Waals surface area contributed by atoms with Crippen LogP contribution in [0.15, 0.2) is 33.2 Å². The van der Waals surface area contributed by atoms with Crippen molar-refractivity contribution in [1.82, 2.24) is 9.97 Å². The summed E-state index contributed by atoms with van der Waals surface area (Å²) in [6, 6.07) is 8.02. The van der Waals surface area contributed by atoms with E-state index in [1.54, 1.807) is 0 Å². The molecule has 0 aliphatic carbocycles. The van der Waals surface area contributed by atoms with Crippen molar-refractivity contribution in [3.05, 3.63) is 38.9 Å². The molecule has 0 saturated heterocycles. The third-order valence-electron chi connectivity index (χ3n) is 2.93. The third kappa shape index (κ3) is 3.38. The van der Waals surface area contributed by atoms with Crippen LogP contribution in [0, 0.1) is 0 Å². The molecule has 1 heterocycles. The van der Waals surface area contributed by atoms with Crippen LogP contribution in [0.4, 0.5) is 5.82 Å². The van der Waals surface area contributed by atoms with Crippen molar-refractivity contribution < 1.29 is 0 Å². The van der Waals surface area contributed by atoms with Gasteiger partial charge in [-0.05, 0) is 50.1 Å². The molecule has 1 aromatic heterocycles. The molecule has 1 N–H and O–H groups in total. The standard InChI is InChI=1S/C15H17Br2N3/c1-15(2,3)12-8-13(18-4)20-14(19-12)9-5-6-10(16)11(17)7-9/h5-8H,1-4H3,(H,18,19,20). The predicted molar refractivity (Wildman–Crippen MR) is 91.1 cm³/mol. The molecule has 0 aliphatic rings. The summed E-state index contributed by atoms with van der Waals surface area (Å²) in [6.45, 7) is 6.45. The van der Waals surface area contributed by atoms with Gasteiger partial charge in [-0.1, -0.05) is 20.8 Å². The second-order valence-corrected chi connectivity index (χ2v) is 7.30. The van der Waals surface area contributed by atoms with Crippen molar-refractivity contribution in [3.8, 4) is 11.4 Å². The first-order valence-corrected chi connectivity index (χ1v) is 7.92. The van der Waals surface area contributed by atoms with Gasteiger partial charge in [-0.15, -0.1) is 0 Å². The fraction of sp³-hybridized carbons (Fsp3) is 0.333. The predicted octanol–water partition coefficient (Wildman–Crippen LogP) is 5.01. The molecule has 0 amide bonds. The van der Waals surface area contributed by atoms with Crippen molar-refractivity contribution in [2.24, 2.45) is 0 Å². The van der Waals surface area contributed by atoms with Gasteiger partial charge in [-0.2, -0.15) is 0 Å². The average molecular weight is 399 g/mol. The number of halogens is 2. The molecule has 0 radical (unpaired) electrons. The van der Waals surface area contributed by atoms with Gasteiger partial charge in [0.1, 0.15) is 5.82 Å². The van der Waals surface area contributed by atoms with Crippen molar-refractivity contribution in [2.45, 2.75) is 26.2 Å². The molecule has 0 aliphatic heterocycles. The smallest absolute Gasteiger partial charge is 0.161 e. The molecule has 3 nitrogen and oxygen atoms in total. The van der Waals surface area contributed by atoms with Crippen molar-refractivity contribution in [2.75, 3.05) is 12.4 Å². The molecule has 0 atom stereocenters. The van der Waals surface area contributed by atoms with E-state index in [1.165, 1.54) is 0 Å². The Morgan fingerprint density at radius 3 is 2.25 bits per heavy atom. The van der Waals surface area contributed by atoms with Gasteiger partial charge >= 0.3 is 0 Å². The van der Waals surface area contributed by atoms with Gasteiger partial charge in [-0.3, -0.25) is 0 Å².